The minimum absolute atomic E-state index is 0.0492. The molecule has 59 heavy (non-hydrogen) atoms. The molecule has 2 aliphatic heterocycles. The summed E-state index contributed by atoms with van der Waals surface area (Å²) >= 11 is 0. The minimum Gasteiger partial charge on any atom is -0.376 e. The third-order valence-corrected chi connectivity index (χ3v) is 13.8. The lowest BCUT2D eigenvalue weighted by Crippen LogP contribution is -2.62. The predicted octanol–water partition coefficient (Wildman–Crippen LogP) is 13.8. The van der Waals surface area contributed by atoms with E-state index in [-0.39, 0.29) is 17.7 Å². The summed E-state index contributed by atoms with van der Waals surface area (Å²) in [4.78, 5) is 5.31. The third kappa shape index (κ3) is 5.62. The Labute approximate surface area is 349 Å². The lowest BCUT2D eigenvalue weighted by Gasteiger charge is -2.48. The molecule has 0 atom stereocenters. The van der Waals surface area contributed by atoms with Crippen LogP contribution in [0, 0.1) is 13.8 Å². The molecule has 0 spiro atoms. The van der Waals surface area contributed by atoms with Crippen molar-refractivity contribution in [3.63, 3.8) is 0 Å². The molecule has 2 heterocycles. The van der Waals surface area contributed by atoms with Gasteiger partial charge in [-0.2, -0.15) is 0 Å². The smallest absolute Gasteiger partial charge is 0.333 e. The molecule has 1 aliphatic carbocycles. The number of anilines is 5. The van der Waals surface area contributed by atoms with Gasteiger partial charge >= 0.3 is 6.85 Å². The lowest BCUT2D eigenvalue weighted by molar-refractivity contribution is 0.332. The number of fused-ring (bicyclic) bond motifs is 6. The van der Waals surface area contributed by atoms with Crippen molar-refractivity contribution in [2.75, 3.05) is 9.71 Å². The zero-order valence-corrected chi connectivity index (χ0v) is 35.0. The van der Waals surface area contributed by atoms with Crippen LogP contribution in [0.1, 0.15) is 62.8 Å². The van der Waals surface area contributed by atoms with E-state index >= 15 is 0 Å². The van der Waals surface area contributed by atoms with Gasteiger partial charge in [-0.05, 0) is 152 Å². The average Bonchev–Trinajstić information content (AvgIpc) is 3.25. The Morgan fingerprint density at radius 3 is 1.71 bits per heavy atom. The van der Waals surface area contributed by atoms with Gasteiger partial charge in [-0.15, -0.1) is 0 Å². The molecule has 3 heteroatoms. The fraction of sp³-hybridized carbons (Fsp3) is 0.179. The molecule has 286 valence electrons. The largest absolute Gasteiger partial charge is 0.376 e. The van der Waals surface area contributed by atoms with E-state index in [4.69, 9.17) is 0 Å². The number of hydrogen-bond acceptors (Lipinski definition) is 2. The molecule has 2 nitrogen and oxygen atoms in total. The molecule has 0 bridgehead atoms. The molecule has 0 radical (unpaired) electrons. The minimum atomic E-state index is -0.0492. The molecule has 11 rings (SSSR count). The van der Waals surface area contributed by atoms with Crippen molar-refractivity contribution in [3.8, 4) is 33.4 Å². The van der Waals surface area contributed by atoms with Gasteiger partial charge in [0.2, 0.25) is 0 Å². The number of hydrogen-bond donors (Lipinski definition) is 0. The van der Waals surface area contributed by atoms with E-state index in [0.29, 0.717) is 0 Å². The molecule has 0 amide bonds. The summed E-state index contributed by atoms with van der Waals surface area (Å²) in [5.41, 5.74) is 22.1. The monoisotopic (exact) mass is 760 g/mol. The highest BCUT2D eigenvalue weighted by molar-refractivity contribution is 6.93. The first-order valence-electron chi connectivity index (χ1n) is 21.3. The van der Waals surface area contributed by atoms with E-state index in [9.17, 15) is 0 Å². The topological polar surface area (TPSA) is 6.48 Å². The van der Waals surface area contributed by atoms with Crippen LogP contribution in [0.2, 0.25) is 0 Å². The van der Waals surface area contributed by atoms with Gasteiger partial charge in [0, 0.05) is 34.0 Å². The van der Waals surface area contributed by atoms with E-state index in [1.165, 1.54) is 112 Å². The maximum Gasteiger partial charge on any atom is 0.333 e. The molecule has 0 N–H and O–H groups in total. The first-order chi connectivity index (χ1) is 28.6. The Morgan fingerprint density at radius 2 is 1.03 bits per heavy atom. The van der Waals surface area contributed by atoms with Crippen LogP contribution < -0.4 is 20.6 Å². The van der Waals surface area contributed by atoms with E-state index in [1.807, 2.05) is 0 Å². The van der Waals surface area contributed by atoms with Gasteiger partial charge in [-0.1, -0.05) is 149 Å². The molecular weight excluding hydrogens is 711 g/mol. The van der Waals surface area contributed by atoms with Crippen molar-refractivity contribution in [1.82, 2.24) is 0 Å². The molecule has 0 fully saturated rings. The SMILES string of the molecule is Cc1cc2c3c(c1)N(c1cc(-c4ccccc4)ccc1C)c1cc4c(cc1B3N(c1ccc(-c3ccccc3)cc1)c1cc3ccccc3cc1-2)C(C)(C)CCC4(C)C. The molecule has 0 saturated heterocycles. The second-order valence-corrected chi connectivity index (χ2v) is 18.6. The molecule has 3 aliphatic rings. The fourth-order valence-corrected chi connectivity index (χ4v) is 10.5. The van der Waals surface area contributed by atoms with Crippen LogP contribution in [0.25, 0.3) is 44.2 Å². The van der Waals surface area contributed by atoms with E-state index in [2.05, 4.69) is 215 Å². The van der Waals surface area contributed by atoms with Crippen LogP contribution in [-0.4, -0.2) is 6.85 Å². The summed E-state index contributed by atoms with van der Waals surface area (Å²) in [6.45, 7) is 14.4. The Hall–Kier alpha value is -6.32. The Bertz CT molecular complexity index is 2960. The Morgan fingerprint density at radius 1 is 0.458 bits per heavy atom. The van der Waals surface area contributed by atoms with Gasteiger partial charge in [-0.3, -0.25) is 0 Å². The number of rotatable bonds is 4. The summed E-state index contributed by atoms with van der Waals surface area (Å²) in [6.07, 6.45) is 2.33. The highest BCUT2D eigenvalue weighted by Crippen LogP contribution is 2.52. The number of aryl methyl sites for hydroxylation is 2. The summed E-state index contributed by atoms with van der Waals surface area (Å²) in [5.74, 6) is 0. The maximum absolute atomic E-state index is 2.68. The fourth-order valence-electron chi connectivity index (χ4n) is 10.5. The van der Waals surface area contributed by atoms with Crippen molar-refractivity contribution in [2.24, 2.45) is 0 Å². The molecule has 0 saturated carbocycles. The normalized spacial score (nSPS) is 15.7. The molecule has 0 aromatic heterocycles. The van der Waals surface area contributed by atoms with Crippen molar-refractivity contribution < 1.29 is 0 Å². The number of nitrogens with zero attached hydrogens (tertiary/aromatic N) is 2. The van der Waals surface area contributed by atoms with Gasteiger partial charge < -0.3 is 9.71 Å². The van der Waals surface area contributed by atoms with Crippen LogP contribution in [0.3, 0.4) is 0 Å². The highest BCUT2D eigenvalue weighted by Gasteiger charge is 2.48. The maximum atomic E-state index is 2.68. The first-order valence-corrected chi connectivity index (χ1v) is 21.3. The quantitative estimate of drug-likeness (QED) is 0.165. The summed E-state index contributed by atoms with van der Waals surface area (Å²) in [7, 11) is 0. The van der Waals surface area contributed by atoms with Crippen molar-refractivity contribution in [1.29, 1.82) is 0 Å². The molecule has 8 aromatic carbocycles. The van der Waals surface area contributed by atoms with E-state index in [0.717, 1.165) is 6.42 Å². The third-order valence-electron chi connectivity index (χ3n) is 13.8. The molecular formula is C56H49BN2. The summed E-state index contributed by atoms with van der Waals surface area (Å²) in [5, 5.41) is 2.52. The number of benzene rings is 8. The van der Waals surface area contributed by atoms with Gasteiger partial charge in [-0.25, -0.2) is 0 Å². The Balaban J connectivity index is 1.25. The van der Waals surface area contributed by atoms with Crippen LogP contribution >= 0.6 is 0 Å². The summed E-state index contributed by atoms with van der Waals surface area (Å²) < 4.78 is 0. The second-order valence-electron chi connectivity index (χ2n) is 18.6. The highest BCUT2D eigenvalue weighted by atomic mass is 15.2. The predicted molar refractivity (Wildman–Crippen MR) is 253 cm³/mol. The Kier molecular flexibility index (Phi) is 7.95. The van der Waals surface area contributed by atoms with Gasteiger partial charge in [0.25, 0.3) is 0 Å². The van der Waals surface area contributed by atoms with Crippen LogP contribution in [0.5, 0.6) is 0 Å². The van der Waals surface area contributed by atoms with Gasteiger partial charge in [0.15, 0.2) is 0 Å². The average molecular weight is 761 g/mol. The van der Waals surface area contributed by atoms with Crippen molar-refractivity contribution in [2.45, 2.75) is 65.2 Å². The van der Waals surface area contributed by atoms with Crippen LogP contribution in [0.4, 0.5) is 28.4 Å². The van der Waals surface area contributed by atoms with Gasteiger partial charge in [0.05, 0.1) is 0 Å². The molecule has 0 unspecified atom stereocenters. The van der Waals surface area contributed by atoms with Crippen molar-refractivity contribution >= 4 is 57.0 Å². The van der Waals surface area contributed by atoms with Crippen LogP contribution in [0.15, 0.2) is 164 Å². The second kappa shape index (κ2) is 13.1. The zero-order chi connectivity index (χ0) is 40.2. The standard InChI is InChI=1S/C56H49BN2/c1-36-29-46-45-31-41-19-13-14-20-42(41)33-51(45)59(44-25-23-40(24-26-44)38-15-9-7-10-16-38)57-49-34-47-48(56(5,6)28-27-55(47,3)4)35-52(49)58(53(30-36)54(46)57)50-32-43(22-21-37(50)2)39-17-11-8-12-18-39/h7-26,29-35H,27-28H2,1-6H3. The van der Waals surface area contributed by atoms with Crippen molar-refractivity contribution in [3.05, 3.63) is 186 Å². The van der Waals surface area contributed by atoms with Gasteiger partial charge in [0.1, 0.15) is 0 Å². The first kappa shape index (κ1) is 35.8. The zero-order valence-electron chi connectivity index (χ0n) is 35.0. The van der Waals surface area contributed by atoms with E-state index < -0.39 is 0 Å². The van der Waals surface area contributed by atoms with E-state index in [1.54, 1.807) is 0 Å². The molecule has 8 aromatic rings. The summed E-state index contributed by atoms with van der Waals surface area (Å²) in [6, 6.07) is 61.9. The van der Waals surface area contributed by atoms with Crippen LogP contribution in [-0.2, 0) is 10.8 Å². The lowest BCUT2D eigenvalue weighted by atomic mass is 9.42.